The van der Waals surface area contributed by atoms with Crippen LogP contribution >= 0.6 is 0 Å². The molecular formula is C22H26N4O. The van der Waals surface area contributed by atoms with Gasteiger partial charge in [0.05, 0.1) is 22.5 Å². The molecule has 3 aromatic rings. The van der Waals surface area contributed by atoms with Gasteiger partial charge in [-0.1, -0.05) is 38.1 Å². The fraction of sp³-hybridized carbons (Fsp3) is 0.318. The minimum Gasteiger partial charge on any atom is -0.352 e. The molecule has 140 valence electrons. The summed E-state index contributed by atoms with van der Waals surface area (Å²) in [7, 11) is 0. The van der Waals surface area contributed by atoms with Gasteiger partial charge in [0, 0.05) is 18.1 Å². The highest BCUT2D eigenvalue weighted by molar-refractivity contribution is 6.07. The van der Waals surface area contributed by atoms with E-state index in [0.29, 0.717) is 17.8 Å². The predicted molar refractivity (Wildman–Crippen MR) is 110 cm³/mol. The second-order valence-electron chi connectivity index (χ2n) is 6.42. The molecule has 2 heterocycles. The molecule has 0 atom stereocenters. The van der Waals surface area contributed by atoms with E-state index in [1.54, 1.807) is 6.20 Å². The zero-order chi connectivity index (χ0) is 19.1. The van der Waals surface area contributed by atoms with Crippen molar-refractivity contribution in [2.24, 2.45) is 0 Å². The van der Waals surface area contributed by atoms with Gasteiger partial charge in [-0.25, -0.2) is 4.98 Å². The molecule has 1 amide bonds. The van der Waals surface area contributed by atoms with E-state index in [4.69, 9.17) is 0 Å². The maximum atomic E-state index is 12.9. The van der Waals surface area contributed by atoms with Crippen LogP contribution < -0.4 is 5.32 Å². The van der Waals surface area contributed by atoms with Gasteiger partial charge in [0.15, 0.2) is 0 Å². The predicted octanol–water partition coefficient (Wildman–Crippen LogP) is 3.76. The van der Waals surface area contributed by atoms with Crippen molar-refractivity contribution in [1.82, 2.24) is 20.2 Å². The van der Waals surface area contributed by atoms with Crippen LogP contribution in [0.2, 0.25) is 0 Å². The average Bonchev–Trinajstić information content (AvgIpc) is 2.73. The van der Waals surface area contributed by atoms with Gasteiger partial charge in [-0.2, -0.15) is 0 Å². The highest BCUT2D eigenvalue weighted by Gasteiger charge is 2.14. The summed E-state index contributed by atoms with van der Waals surface area (Å²) >= 11 is 0. The Morgan fingerprint density at radius 1 is 1.04 bits per heavy atom. The minimum atomic E-state index is -0.0645. The van der Waals surface area contributed by atoms with E-state index in [1.807, 2.05) is 48.5 Å². The molecule has 0 unspecified atom stereocenters. The van der Waals surface area contributed by atoms with Crippen LogP contribution in [0, 0.1) is 0 Å². The Morgan fingerprint density at radius 2 is 1.81 bits per heavy atom. The van der Waals surface area contributed by atoms with Crippen molar-refractivity contribution < 1.29 is 4.79 Å². The number of fused-ring (bicyclic) bond motifs is 1. The summed E-state index contributed by atoms with van der Waals surface area (Å²) in [5.74, 6) is -0.0645. The molecule has 0 bridgehead atoms. The smallest absolute Gasteiger partial charge is 0.252 e. The normalized spacial score (nSPS) is 11.1. The van der Waals surface area contributed by atoms with Crippen LogP contribution in [-0.4, -0.2) is 47.0 Å². The lowest BCUT2D eigenvalue weighted by atomic mass is 10.1. The summed E-state index contributed by atoms with van der Waals surface area (Å²) in [4.78, 5) is 24.3. The van der Waals surface area contributed by atoms with Gasteiger partial charge in [-0.15, -0.1) is 0 Å². The van der Waals surface area contributed by atoms with E-state index in [9.17, 15) is 4.79 Å². The van der Waals surface area contributed by atoms with E-state index in [2.05, 4.69) is 34.0 Å². The lowest BCUT2D eigenvalue weighted by molar-refractivity contribution is 0.0953. The molecule has 0 aliphatic carbocycles. The SMILES string of the molecule is CCN(CC)CCCNC(=O)c1cc(-c2ccccn2)nc2ccccc12. The number of pyridine rings is 2. The molecule has 3 rings (SSSR count). The molecule has 0 spiro atoms. The Kier molecular flexibility index (Phi) is 6.49. The second-order valence-corrected chi connectivity index (χ2v) is 6.42. The number of para-hydroxylation sites is 1. The van der Waals surface area contributed by atoms with Crippen LogP contribution in [0.4, 0.5) is 0 Å². The van der Waals surface area contributed by atoms with Crippen LogP contribution in [0.3, 0.4) is 0 Å². The Hall–Kier alpha value is -2.79. The van der Waals surface area contributed by atoms with Gasteiger partial charge in [-0.05, 0) is 50.3 Å². The molecule has 5 heteroatoms. The van der Waals surface area contributed by atoms with Crippen LogP contribution in [0.1, 0.15) is 30.6 Å². The van der Waals surface area contributed by atoms with Crippen molar-refractivity contribution >= 4 is 16.8 Å². The third-order valence-electron chi connectivity index (χ3n) is 4.72. The molecule has 0 fully saturated rings. The highest BCUT2D eigenvalue weighted by atomic mass is 16.1. The Balaban J connectivity index is 1.81. The quantitative estimate of drug-likeness (QED) is 0.620. The van der Waals surface area contributed by atoms with Gasteiger partial charge in [0.2, 0.25) is 0 Å². The molecule has 0 saturated carbocycles. The third-order valence-corrected chi connectivity index (χ3v) is 4.72. The minimum absolute atomic E-state index is 0.0645. The van der Waals surface area contributed by atoms with Crippen molar-refractivity contribution in [3.05, 3.63) is 60.3 Å². The maximum Gasteiger partial charge on any atom is 0.252 e. The first kappa shape index (κ1) is 19.0. The van der Waals surface area contributed by atoms with Gasteiger partial charge < -0.3 is 10.2 Å². The van der Waals surface area contributed by atoms with Crippen molar-refractivity contribution in [2.45, 2.75) is 20.3 Å². The van der Waals surface area contributed by atoms with E-state index >= 15 is 0 Å². The summed E-state index contributed by atoms with van der Waals surface area (Å²) in [5, 5.41) is 3.92. The first-order valence-electron chi connectivity index (χ1n) is 9.54. The molecule has 1 N–H and O–H groups in total. The van der Waals surface area contributed by atoms with Crippen molar-refractivity contribution in [2.75, 3.05) is 26.2 Å². The van der Waals surface area contributed by atoms with Crippen molar-refractivity contribution in [1.29, 1.82) is 0 Å². The maximum absolute atomic E-state index is 12.9. The number of carbonyl (C=O) groups excluding carboxylic acids is 1. The Morgan fingerprint density at radius 3 is 2.56 bits per heavy atom. The van der Waals surface area contributed by atoms with Crippen molar-refractivity contribution in [3.8, 4) is 11.4 Å². The molecule has 0 aliphatic heterocycles. The first-order valence-corrected chi connectivity index (χ1v) is 9.54. The Labute approximate surface area is 160 Å². The number of benzene rings is 1. The zero-order valence-corrected chi connectivity index (χ0v) is 16.0. The molecule has 27 heavy (non-hydrogen) atoms. The number of hydrogen-bond acceptors (Lipinski definition) is 4. The monoisotopic (exact) mass is 362 g/mol. The van der Waals surface area contributed by atoms with E-state index in [1.165, 1.54) is 0 Å². The van der Waals surface area contributed by atoms with Crippen LogP contribution in [0.15, 0.2) is 54.7 Å². The zero-order valence-electron chi connectivity index (χ0n) is 16.0. The Bertz CT molecular complexity index is 891. The third kappa shape index (κ3) is 4.68. The number of aromatic nitrogens is 2. The van der Waals surface area contributed by atoms with Crippen LogP contribution in [0.5, 0.6) is 0 Å². The van der Waals surface area contributed by atoms with E-state index in [0.717, 1.165) is 42.7 Å². The molecule has 0 saturated heterocycles. The van der Waals surface area contributed by atoms with Gasteiger partial charge >= 0.3 is 0 Å². The molecule has 2 aromatic heterocycles. The van der Waals surface area contributed by atoms with Crippen molar-refractivity contribution in [3.63, 3.8) is 0 Å². The number of nitrogens with one attached hydrogen (secondary N) is 1. The standard InChI is InChI=1S/C22H26N4O/c1-3-26(4-2)15-9-14-24-22(27)18-16-21(20-12-7-8-13-23-20)25-19-11-6-5-10-17(18)19/h5-8,10-13,16H,3-4,9,14-15H2,1-2H3,(H,24,27). The molecule has 0 radical (unpaired) electrons. The number of hydrogen-bond donors (Lipinski definition) is 1. The first-order chi connectivity index (χ1) is 13.2. The summed E-state index contributed by atoms with van der Waals surface area (Å²) in [5.41, 5.74) is 2.92. The molecular weight excluding hydrogens is 336 g/mol. The van der Waals surface area contributed by atoms with Crippen LogP contribution in [-0.2, 0) is 0 Å². The summed E-state index contributed by atoms with van der Waals surface area (Å²) < 4.78 is 0. The van der Waals surface area contributed by atoms with Gasteiger partial charge in [-0.3, -0.25) is 9.78 Å². The second kappa shape index (κ2) is 9.24. The number of rotatable bonds is 8. The summed E-state index contributed by atoms with van der Waals surface area (Å²) in [6, 6.07) is 15.3. The lowest BCUT2D eigenvalue weighted by Gasteiger charge is -2.17. The van der Waals surface area contributed by atoms with E-state index < -0.39 is 0 Å². The molecule has 5 nitrogen and oxygen atoms in total. The molecule has 1 aromatic carbocycles. The topological polar surface area (TPSA) is 58.1 Å². The fourth-order valence-corrected chi connectivity index (χ4v) is 3.15. The number of nitrogens with zero attached hydrogens (tertiary/aromatic N) is 3. The van der Waals surface area contributed by atoms with Crippen LogP contribution in [0.25, 0.3) is 22.3 Å². The van der Waals surface area contributed by atoms with E-state index in [-0.39, 0.29) is 5.91 Å². The summed E-state index contributed by atoms with van der Waals surface area (Å²) in [6.07, 6.45) is 2.67. The lowest BCUT2D eigenvalue weighted by Crippen LogP contribution is -2.30. The average molecular weight is 362 g/mol. The fourth-order valence-electron chi connectivity index (χ4n) is 3.15. The summed E-state index contributed by atoms with van der Waals surface area (Å²) in [6.45, 7) is 8.03. The van der Waals surface area contributed by atoms with Gasteiger partial charge in [0.25, 0.3) is 5.91 Å². The number of amides is 1. The molecule has 0 aliphatic rings. The number of carbonyl (C=O) groups is 1. The highest BCUT2D eigenvalue weighted by Crippen LogP contribution is 2.23. The largest absolute Gasteiger partial charge is 0.352 e. The van der Waals surface area contributed by atoms with Gasteiger partial charge in [0.1, 0.15) is 0 Å².